The van der Waals surface area contributed by atoms with Gasteiger partial charge in [-0.15, -0.1) is 0 Å². The lowest BCUT2D eigenvalue weighted by Crippen LogP contribution is -2.68. The number of aliphatic hydroxyl groups is 1. The van der Waals surface area contributed by atoms with Crippen LogP contribution in [0.25, 0.3) is 0 Å². The van der Waals surface area contributed by atoms with E-state index in [2.05, 4.69) is 35.9 Å². The van der Waals surface area contributed by atoms with Crippen LogP contribution < -0.4 is 4.90 Å². The Balaban J connectivity index is 1.63. The lowest BCUT2D eigenvalue weighted by atomic mass is 9.65. The molecule has 1 aliphatic carbocycles. The molecule has 1 aromatic rings. The van der Waals surface area contributed by atoms with E-state index >= 15 is 0 Å². The highest BCUT2D eigenvalue weighted by molar-refractivity contribution is 5.73. The highest BCUT2D eigenvalue weighted by atomic mass is 16.3. The maximum Gasteiger partial charge on any atom is 0.139 e. The molecule has 1 saturated carbocycles. The number of nitrogens with zero attached hydrogens (tertiary/aromatic N) is 2. The van der Waals surface area contributed by atoms with Gasteiger partial charge in [-0.3, -0.25) is 4.90 Å². The highest BCUT2D eigenvalue weighted by Crippen LogP contribution is 2.68. The number of phenolic OH excluding ortho intramolecular Hbond substituents is 1. The molecule has 0 aromatic heterocycles. The Morgan fingerprint density at radius 1 is 1.29 bits per heavy atom. The number of fused-ring (bicyclic) bond motifs is 2. The molecule has 5 fully saturated rings. The third-order valence-corrected chi connectivity index (χ3v) is 8.09. The van der Waals surface area contributed by atoms with Crippen molar-refractivity contribution in [3.05, 3.63) is 35.4 Å². The van der Waals surface area contributed by atoms with Gasteiger partial charge in [0.25, 0.3) is 0 Å². The molecular weight excluding hydrogens is 300 g/mol. The summed E-state index contributed by atoms with van der Waals surface area (Å²) >= 11 is 0. The topological polar surface area (TPSA) is 46.9 Å². The summed E-state index contributed by atoms with van der Waals surface area (Å²) in [5.41, 5.74) is 3.47. The summed E-state index contributed by atoms with van der Waals surface area (Å²) in [7, 11) is 2.11. The summed E-state index contributed by atoms with van der Waals surface area (Å²) in [5.74, 6) is 1.26. The largest absolute Gasteiger partial charge is 0.506 e. The number of hydrogen-bond acceptors (Lipinski definition) is 4. The molecule has 4 saturated heterocycles. The number of benzene rings is 1. The Labute approximate surface area is 142 Å². The molecule has 5 heterocycles. The Hall–Kier alpha value is -1.52. The molecule has 6 aliphatic rings. The van der Waals surface area contributed by atoms with Gasteiger partial charge in [0, 0.05) is 37.0 Å². The molecule has 5 aliphatic heterocycles. The van der Waals surface area contributed by atoms with Crippen molar-refractivity contribution in [2.24, 2.45) is 11.8 Å². The van der Waals surface area contributed by atoms with Gasteiger partial charge in [-0.1, -0.05) is 23.8 Å². The summed E-state index contributed by atoms with van der Waals surface area (Å²) in [4.78, 5) is 4.96. The van der Waals surface area contributed by atoms with Gasteiger partial charge >= 0.3 is 0 Å². The molecule has 1 spiro atoms. The summed E-state index contributed by atoms with van der Waals surface area (Å²) in [6.45, 7) is 3.22. The second-order valence-corrected chi connectivity index (χ2v) is 8.51. The SMILES string of the molecule is CC=C1CN2C3CC45c6cccc(O)c6N(C)C4C2CC1C3C5O. The maximum absolute atomic E-state index is 11.6. The van der Waals surface area contributed by atoms with Crippen LogP contribution >= 0.6 is 0 Å². The lowest BCUT2D eigenvalue weighted by molar-refractivity contribution is -0.0345. The Bertz CT molecular complexity index is 790. The fourth-order valence-electron chi connectivity index (χ4n) is 7.45. The Kier molecular flexibility index (Phi) is 2.29. The summed E-state index contributed by atoms with van der Waals surface area (Å²) in [6.07, 6.45) is 4.16. The molecule has 24 heavy (non-hydrogen) atoms. The van der Waals surface area contributed by atoms with Crippen molar-refractivity contribution in [1.29, 1.82) is 0 Å². The van der Waals surface area contributed by atoms with E-state index in [-0.39, 0.29) is 17.6 Å². The van der Waals surface area contributed by atoms with E-state index in [4.69, 9.17) is 0 Å². The first-order valence-electron chi connectivity index (χ1n) is 9.23. The fraction of sp³-hybridized carbons (Fsp3) is 0.600. The molecule has 4 nitrogen and oxygen atoms in total. The zero-order chi connectivity index (χ0) is 16.4. The van der Waals surface area contributed by atoms with Crippen LogP contribution in [0, 0.1) is 11.8 Å². The van der Waals surface area contributed by atoms with E-state index in [1.165, 1.54) is 11.1 Å². The fourth-order valence-corrected chi connectivity index (χ4v) is 7.45. The number of para-hydroxylation sites is 1. The number of piperidine rings is 4. The van der Waals surface area contributed by atoms with Crippen LogP contribution in [0.1, 0.15) is 25.3 Å². The van der Waals surface area contributed by atoms with Crippen molar-refractivity contribution in [3.63, 3.8) is 0 Å². The monoisotopic (exact) mass is 324 g/mol. The van der Waals surface area contributed by atoms with Crippen molar-refractivity contribution in [3.8, 4) is 5.75 Å². The van der Waals surface area contributed by atoms with Crippen LogP contribution in [0.2, 0.25) is 0 Å². The summed E-state index contributed by atoms with van der Waals surface area (Å²) in [5, 5.41) is 22.1. The second kappa shape index (κ2) is 4.00. The number of aromatic hydroxyl groups is 1. The number of likely N-dealkylation sites (N-methyl/N-ethyl adjacent to an activating group) is 1. The summed E-state index contributed by atoms with van der Waals surface area (Å²) < 4.78 is 0. The third-order valence-electron chi connectivity index (χ3n) is 8.09. The maximum atomic E-state index is 11.6. The molecule has 0 amide bonds. The number of hydrogen-bond donors (Lipinski definition) is 2. The number of anilines is 1. The Morgan fingerprint density at radius 3 is 2.92 bits per heavy atom. The van der Waals surface area contributed by atoms with Crippen molar-refractivity contribution in [2.75, 3.05) is 18.5 Å². The second-order valence-electron chi connectivity index (χ2n) is 8.51. The normalized spacial score (nSPS) is 51.4. The molecule has 126 valence electrons. The van der Waals surface area contributed by atoms with Crippen LogP contribution in [-0.2, 0) is 5.41 Å². The van der Waals surface area contributed by atoms with Gasteiger partial charge in [-0.05, 0) is 37.3 Å². The predicted molar refractivity (Wildman–Crippen MR) is 92.2 cm³/mol. The molecule has 5 bridgehead atoms. The smallest absolute Gasteiger partial charge is 0.139 e. The zero-order valence-electron chi connectivity index (χ0n) is 14.2. The minimum Gasteiger partial charge on any atom is -0.506 e. The van der Waals surface area contributed by atoms with E-state index in [9.17, 15) is 10.2 Å². The van der Waals surface area contributed by atoms with E-state index < -0.39 is 0 Å². The molecule has 0 radical (unpaired) electrons. The minimum absolute atomic E-state index is 0.197. The van der Waals surface area contributed by atoms with Crippen molar-refractivity contribution in [1.82, 2.24) is 4.90 Å². The van der Waals surface area contributed by atoms with Crippen LogP contribution in [0.5, 0.6) is 5.75 Å². The van der Waals surface area contributed by atoms with Gasteiger partial charge < -0.3 is 15.1 Å². The first kappa shape index (κ1) is 13.7. The standard InChI is InChI=1S/C20H24N2O2/c1-3-10-9-22-13-7-11(10)16-14(22)8-20(19(16)24)12-5-4-6-15(23)17(12)21(2)18(13)20/h3-6,11,13-14,16,18-19,23-24H,7-9H2,1-2H3. The van der Waals surface area contributed by atoms with Crippen molar-refractivity contribution < 1.29 is 10.2 Å². The zero-order valence-corrected chi connectivity index (χ0v) is 14.2. The molecule has 7 rings (SSSR count). The first-order chi connectivity index (χ1) is 11.6. The molecule has 1 aromatic carbocycles. The molecule has 4 heteroatoms. The van der Waals surface area contributed by atoms with E-state index in [0.29, 0.717) is 29.7 Å². The summed E-state index contributed by atoms with van der Waals surface area (Å²) in [6, 6.07) is 7.15. The number of allylic oxidation sites excluding steroid dienone is 1. The lowest BCUT2D eigenvalue weighted by Gasteiger charge is -2.58. The van der Waals surface area contributed by atoms with Crippen LogP contribution in [0.4, 0.5) is 5.69 Å². The van der Waals surface area contributed by atoms with Gasteiger partial charge in [0.1, 0.15) is 5.75 Å². The van der Waals surface area contributed by atoms with Gasteiger partial charge in [0.2, 0.25) is 0 Å². The van der Waals surface area contributed by atoms with E-state index in [0.717, 1.165) is 25.1 Å². The quantitative estimate of drug-likeness (QED) is 0.715. The molecule has 2 N–H and O–H groups in total. The van der Waals surface area contributed by atoms with Crippen LogP contribution in [0.3, 0.4) is 0 Å². The Morgan fingerprint density at radius 2 is 2.12 bits per heavy atom. The molecule has 8 unspecified atom stereocenters. The average Bonchev–Trinajstić information content (AvgIpc) is 2.98. The number of phenols is 1. The van der Waals surface area contributed by atoms with E-state index in [1.807, 2.05) is 6.07 Å². The van der Waals surface area contributed by atoms with Gasteiger partial charge in [-0.25, -0.2) is 0 Å². The number of rotatable bonds is 0. The minimum atomic E-state index is -0.312. The predicted octanol–water partition coefficient (Wildman–Crippen LogP) is 1.86. The van der Waals surface area contributed by atoms with Crippen molar-refractivity contribution >= 4 is 5.69 Å². The molecular formula is C20H24N2O2. The van der Waals surface area contributed by atoms with E-state index in [1.54, 1.807) is 6.07 Å². The highest BCUT2D eigenvalue weighted by Gasteiger charge is 2.74. The van der Waals surface area contributed by atoms with Crippen LogP contribution in [-0.4, -0.2) is 52.9 Å². The van der Waals surface area contributed by atoms with Crippen molar-refractivity contribution in [2.45, 2.75) is 49.4 Å². The number of aliphatic hydroxyl groups excluding tert-OH is 1. The first-order valence-corrected chi connectivity index (χ1v) is 9.23. The average molecular weight is 324 g/mol. The van der Waals surface area contributed by atoms with Crippen LogP contribution in [0.15, 0.2) is 29.8 Å². The third kappa shape index (κ3) is 1.17. The molecule has 8 atom stereocenters. The van der Waals surface area contributed by atoms with Gasteiger partial charge in [0.15, 0.2) is 0 Å². The van der Waals surface area contributed by atoms with Gasteiger partial charge in [-0.2, -0.15) is 0 Å². The van der Waals surface area contributed by atoms with Gasteiger partial charge in [0.05, 0.1) is 17.8 Å².